The topological polar surface area (TPSA) is 70.6 Å². The van der Waals surface area contributed by atoms with Gasteiger partial charge in [0.25, 0.3) is 11.8 Å². The Balaban J connectivity index is 1.55. The highest BCUT2D eigenvalue weighted by atomic mass is 35.5. The first-order chi connectivity index (χ1) is 12.1. The number of carbonyl (C=O) groups excluding carboxylic acids is 2. The molecular formula is C18H14ClN3O2S. The van der Waals surface area contributed by atoms with Crippen molar-refractivity contribution in [2.45, 2.75) is 0 Å². The maximum atomic E-state index is 12.2. The zero-order valence-electron chi connectivity index (χ0n) is 13.0. The van der Waals surface area contributed by atoms with Gasteiger partial charge >= 0.3 is 0 Å². The number of nitrogens with zero attached hydrogens (tertiary/aromatic N) is 1. The van der Waals surface area contributed by atoms with Gasteiger partial charge in [0.05, 0.1) is 17.8 Å². The van der Waals surface area contributed by atoms with Gasteiger partial charge in [0, 0.05) is 10.1 Å². The van der Waals surface area contributed by atoms with E-state index in [2.05, 4.69) is 15.8 Å². The Morgan fingerprint density at radius 2 is 1.80 bits per heavy atom. The quantitative estimate of drug-likeness (QED) is 0.532. The van der Waals surface area contributed by atoms with Gasteiger partial charge < -0.3 is 5.32 Å². The number of hydrogen-bond acceptors (Lipinski definition) is 4. The average Bonchev–Trinajstić information content (AvgIpc) is 2.98. The van der Waals surface area contributed by atoms with Gasteiger partial charge in [0.1, 0.15) is 4.88 Å². The average molecular weight is 372 g/mol. The van der Waals surface area contributed by atoms with E-state index >= 15 is 0 Å². The molecule has 126 valence electrons. The number of amides is 2. The molecular weight excluding hydrogens is 358 g/mol. The molecule has 0 fully saturated rings. The Hall–Kier alpha value is -2.70. The van der Waals surface area contributed by atoms with E-state index in [1.54, 1.807) is 0 Å². The summed E-state index contributed by atoms with van der Waals surface area (Å²) in [5, 5.41) is 7.63. The highest BCUT2D eigenvalue weighted by Crippen LogP contribution is 2.34. The molecule has 5 nitrogen and oxygen atoms in total. The van der Waals surface area contributed by atoms with Crippen LogP contribution in [-0.4, -0.2) is 24.6 Å². The number of nitrogens with one attached hydrogen (secondary N) is 2. The van der Waals surface area contributed by atoms with Gasteiger partial charge in [-0.2, -0.15) is 5.10 Å². The first-order valence-corrected chi connectivity index (χ1v) is 8.67. The molecule has 0 aliphatic rings. The molecule has 2 amide bonds. The van der Waals surface area contributed by atoms with Crippen LogP contribution in [0.4, 0.5) is 0 Å². The van der Waals surface area contributed by atoms with E-state index < -0.39 is 5.91 Å². The Bertz CT molecular complexity index is 938. The molecule has 3 aromatic rings. The Labute approximate surface area is 153 Å². The molecule has 0 saturated heterocycles. The summed E-state index contributed by atoms with van der Waals surface area (Å²) in [6, 6.07) is 16.9. The Morgan fingerprint density at radius 3 is 2.56 bits per heavy atom. The van der Waals surface area contributed by atoms with Gasteiger partial charge in [0.2, 0.25) is 0 Å². The second kappa shape index (κ2) is 7.92. The second-order valence-electron chi connectivity index (χ2n) is 5.13. The van der Waals surface area contributed by atoms with Crippen LogP contribution in [0.2, 0.25) is 5.02 Å². The van der Waals surface area contributed by atoms with Crippen molar-refractivity contribution in [3.8, 4) is 0 Å². The molecule has 2 aromatic carbocycles. The van der Waals surface area contributed by atoms with Crippen molar-refractivity contribution in [2.24, 2.45) is 5.10 Å². The van der Waals surface area contributed by atoms with Crippen molar-refractivity contribution in [1.29, 1.82) is 0 Å². The lowest BCUT2D eigenvalue weighted by Crippen LogP contribution is -2.34. The molecule has 2 N–H and O–H groups in total. The van der Waals surface area contributed by atoms with E-state index in [0.717, 1.165) is 15.6 Å². The van der Waals surface area contributed by atoms with Gasteiger partial charge in [-0.15, -0.1) is 11.3 Å². The number of hydrogen-bond donors (Lipinski definition) is 2. The van der Waals surface area contributed by atoms with Crippen LogP contribution in [0.15, 0.2) is 59.7 Å². The number of fused-ring (bicyclic) bond motifs is 1. The maximum Gasteiger partial charge on any atom is 0.263 e. The number of halogens is 1. The molecule has 0 radical (unpaired) electrons. The van der Waals surface area contributed by atoms with Crippen LogP contribution in [0.1, 0.15) is 15.2 Å². The molecule has 0 spiro atoms. The molecule has 3 rings (SSSR count). The van der Waals surface area contributed by atoms with Crippen LogP contribution in [-0.2, 0) is 4.79 Å². The summed E-state index contributed by atoms with van der Waals surface area (Å²) in [6.07, 6.45) is 1.53. The van der Waals surface area contributed by atoms with Gasteiger partial charge in [0.15, 0.2) is 0 Å². The minimum Gasteiger partial charge on any atom is -0.342 e. The monoisotopic (exact) mass is 371 g/mol. The van der Waals surface area contributed by atoms with Crippen molar-refractivity contribution < 1.29 is 9.59 Å². The highest BCUT2D eigenvalue weighted by molar-refractivity contribution is 7.21. The van der Waals surface area contributed by atoms with Crippen molar-refractivity contribution in [2.75, 3.05) is 6.54 Å². The first-order valence-electron chi connectivity index (χ1n) is 7.47. The molecule has 0 saturated carbocycles. The molecule has 7 heteroatoms. The van der Waals surface area contributed by atoms with Crippen LogP contribution in [0.3, 0.4) is 0 Å². The van der Waals surface area contributed by atoms with E-state index in [1.165, 1.54) is 17.6 Å². The summed E-state index contributed by atoms with van der Waals surface area (Å²) in [4.78, 5) is 24.4. The molecule has 0 unspecified atom stereocenters. The van der Waals surface area contributed by atoms with Crippen molar-refractivity contribution >= 4 is 51.1 Å². The standard InChI is InChI=1S/C18H14ClN3O2S/c19-16-13-8-4-5-9-14(13)25-17(16)18(24)20-11-15(23)22-21-10-12-6-2-1-3-7-12/h1-10H,11H2,(H,20,24)(H,22,23). The summed E-state index contributed by atoms with van der Waals surface area (Å²) < 4.78 is 0.926. The summed E-state index contributed by atoms with van der Waals surface area (Å²) in [5.74, 6) is -0.800. The molecule has 25 heavy (non-hydrogen) atoms. The van der Waals surface area contributed by atoms with Gasteiger partial charge in [-0.3, -0.25) is 9.59 Å². The lowest BCUT2D eigenvalue weighted by Gasteiger charge is -2.03. The van der Waals surface area contributed by atoms with Gasteiger partial charge in [-0.1, -0.05) is 60.1 Å². The van der Waals surface area contributed by atoms with E-state index in [4.69, 9.17) is 11.6 Å². The smallest absolute Gasteiger partial charge is 0.263 e. The molecule has 0 aliphatic carbocycles. The van der Waals surface area contributed by atoms with E-state index in [-0.39, 0.29) is 12.5 Å². The summed E-state index contributed by atoms with van der Waals surface area (Å²) in [5.41, 5.74) is 3.23. The van der Waals surface area contributed by atoms with Crippen LogP contribution in [0.5, 0.6) is 0 Å². The van der Waals surface area contributed by atoms with Gasteiger partial charge in [-0.05, 0) is 11.6 Å². The predicted octanol–water partition coefficient (Wildman–Crippen LogP) is 3.43. The Morgan fingerprint density at radius 1 is 1.08 bits per heavy atom. The number of benzene rings is 2. The zero-order chi connectivity index (χ0) is 17.6. The molecule has 1 aromatic heterocycles. The lowest BCUT2D eigenvalue weighted by molar-refractivity contribution is -0.120. The van der Waals surface area contributed by atoms with E-state index in [0.29, 0.717) is 9.90 Å². The van der Waals surface area contributed by atoms with Crippen LogP contribution >= 0.6 is 22.9 Å². The fourth-order valence-electron chi connectivity index (χ4n) is 2.16. The fourth-order valence-corrected chi connectivity index (χ4v) is 3.59. The third kappa shape index (κ3) is 4.23. The van der Waals surface area contributed by atoms with E-state index in [1.807, 2.05) is 54.6 Å². The van der Waals surface area contributed by atoms with E-state index in [9.17, 15) is 9.59 Å². The fraction of sp³-hybridized carbons (Fsp3) is 0.0556. The highest BCUT2D eigenvalue weighted by Gasteiger charge is 2.17. The number of thiophene rings is 1. The first kappa shape index (κ1) is 17.1. The summed E-state index contributed by atoms with van der Waals surface area (Å²) in [6.45, 7) is -0.185. The SMILES string of the molecule is O=C(CNC(=O)c1sc2ccccc2c1Cl)NN=Cc1ccccc1. The Kier molecular flexibility index (Phi) is 5.42. The molecule has 0 aliphatic heterocycles. The lowest BCUT2D eigenvalue weighted by atomic mass is 10.2. The summed E-state index contributed by atoms with van der Waals surface area (Å²) >= 11 is 7.54. The minimum atomic E-state index is -0.419. The van der Waals surface area contributed by atoms with Gasteiger partial charge in [-0.25, -0.2) is 5.43 Å². The second-order valence-corrected chi connectivity index (χ2v) is 6.56. The van der Waals surface area contributed by atoms with Crippen LogP contribution < -0.4 is 10.7 Å². The normalized spacial score (nSPS) is 10.9. The zero-order valence-corrected chi connectivity index (χ0v) is 14.6. The number of hydrazone groups is 1. The third-order valence-corrected chi connectivity index (χ3v) is 5.03. The summed E-state index contributed by atoms with van der Waals surface area (Å²) in [7, 11) is 0. The van der Waals surface area contributed by atoms with Crippen molar-refractivity contribution in [3.63, 3.8) is 0 Å². The maximum absolute atomic E-state index is 12.2. The number of carbonyl (C=O) groups is 2. The van der Waals surface area contributed by atoms with Crippen molar-refractivity contribution in [3.05, 3.63) is 70.1 Å². The van der Waals surface area contributed by atoms with Crippen LogP contribution in [0.25, 0.3) is 10.1 Å². The predicted molar refractivity (Wildman–Crippen MR) is 101 cm³/mol. The van der Waals surface area contributed by atoms with Crippen LogP contribution in [0, 0.1) is 0 Å². The molecule has 0 atom stereocenters. The molecule has 1 heterocycles. The minimum absolute atomic E-state index is 0.185. The number of rotatable bonds is 5. The van der Waals surface area contributed by atoms with Crippen molar-refractivity contribution in [1.82, 2.24) is 10.7 Å². The molecule has 0 bridgehead atoms. The largest absolute Gasteiger partial charge is 0.342 e. The third-order valence-electron chi connectivity index (χ3n) is 3.35.